The lowest BCUT2D eigenvalue weighted by Crippen LogP contribution is -2.47. The molecular formula is C29H37Cl2F2N3O4. The zero-order chi connectivity index (χ0) is 29.4. The molecule has 0 radical (unpaired) electrons. The molecule has 0 saturated carbocycles. The van der Waals surface area contributed by atoms with Crippen molar-refractivity contribution in [2.45, 2.75) is 82.1 Å². The lowest BCUT2D eigenvalue weighted by Gasteiger charge is -2.38. The molecule has 1 spiro atoms. The fourth-order valence-corrected chi connectivity index (χ4v) is 6.60. The second-order valence-electron chi connectivity index (χ2n) is 12.1. The Kier molecular flexibility index (Phi) is 9.32. The van der Waals surface area contributed by atoms with E-state index in [2.05, 4.69) is 16.0 Å². The van der Waals surface area contributed by atoms with Crippen molar-refractivity contribution in [1.82, 2.24) is 16.0 Å². The summed E-state index contributed by atoms with van der Waals surface area (Å²) in [5.74, 6) is -2.23. The molecule has 5 N–H and O–H groups in total. The van der Waals surface area contributed by atoms with E-state index in [-0.39, 0.29) is 28.9 Å². The van der Waals surface area contributed by atoms with Crippen molar-refractivity contribution in [3.8, 4) is 0 Å². The number of aliphatic hydroxyl groups excluding tert-OH is 2. The molecule has 2 amide bonds. The van der Waals surface area contributed by atoms with Gasteiger partial charge in [0.05, 0.1) is 29.2 Å². The minimum atomic E-state index is -1.54. The number of amides is 2. The number of allylic oxidation sites excluding steroid dienone is 3. The van der Waals surface area contributed by atoms with Crippen LogP contribution in [0.2, 0.25) is 5.02 Å². The van der Waals surface area contributed by atoms with Gasteiger partial charge in [0.1, 0.15) is 17.4 Å². The predicted molar refractivity (Wildman–Crippen MR) is 150 cm³/mol. The molecule has 2 fully saturated rings. The first kappa shape index (κ1) is 30.9. The SMILES string of the molecule is CC(C)(C)C[C@H]1N[C@@H](C(=O)NCCCC[C@@H](O)CO)[C@H](c2ccc(F)c(Cl)c2)[C@@]12C(=O)NC1=CC(Cl)C(F)C=C12. The Morgan fingerprint density at radius 1 is 1.25 bits per heavy atom. The van der Waals surface area contributed by atoms with E-state index in [1.54, 1.807) is 0 Å². The van der Waals surface area contributed by atoms with Crippen LogP contribution in [0, 0.1) is 16.6 Å². The van der Waals surface area contributed by atoms with Gasteiger partial charge in [-0.2, -0.15) is 0 Å². The molecule has 3 aliphatic rings. The lowest BCUT2D eigenvalue weighted by molar-refractivity contribution is -0.128. The monoisotopic (exact) mass is 599 g/mol. The highest BCUT2D eigenvalue weighted by Crippen LogP contribution is 2.59. The third-order valence-corrected chi connectivity index (χ3v) is 8.60. The third-order valence-electron chi connectivity index (χ3n) is 7.95. The standard InChI is InChI=1S/C29H37Cl2F2N3O4/c1-28(2,3)13-23-29(17-11-21(33)19(31)12-22(17)35-27(29)40)24(15-7-8-20(32)18(30)10-15)25(36-23)26(39)34-9-5-4-6-16(38)14-37/h7-8,10-12,16,19,21,23-25,36-38H,4-6,9,13-14H2,1-3H3,(H,34,39)(H,35,40)/t16-,19?,21?,23-,24+,25-,29+/m1/s1. The number of carbonyl (C=O) groups excluding carboxylic acids is 2. The molecule has 1 aliphatic carbocycles. The minimum absolute atomic E-state index is 0.149. The van der Waals surface area contributed by atoms with Gasteiger partial charge in [0, 0.05) is 24.2 Å². The van der Waals surface area contributed by atoms with Crippen molar-refractivity contribution in [2.75, 3.05) is 13.2 Å². The normalized spacial score (nSPS) is 30.5. The van der Waals surface area contributed by atoms with Crippen molar-refractivity contribution in [1.29, 1.82) is 0 Å². The summed E-state index contributed by atoms with van der Waals surface area (Å²) < 4.78 is 29.3. The van der Waals surface area contributed by atoms with E-state index >= 15 is 4.39 Å². The molecule has 7 atom stereocenters. The number of benzene rings is 1. The molecule has 2 saturated heterocycles. The van der Waals surface area contributed by atoms with Crippen molar-refractivity contribution in [3.63, 3.8) is 0 Å². The van der Waals surface area contributed by atoms with Crippen LogP contribution in [-0.2, 0) is 9.59 Å². The Morgan fingerprint density at radius 2 is 1.98 bits per heavy atom. The first-order valence-electron chi connectivity index (χ1n) is 13.6. The molecule has 40 heavy (non-hydrogen) atoms. The molecule has 1 aromatic rings. The number of hydrogen-bond donors (Lipinski definition) is 5. The maximum absolute atomic E-state index is 15.1. The number of nitrogens with one attached hydrogen (secondary N) is 3. The molecule has 2 unspecified atom stereocenters. The molecule has 2 aliphatic heterocycles. The molecule has 7 nitrogen and oxygen atoms in total. The molecule has 0 aromatic heterocycles. The van der Waals surface area contributed by atoms with Crippen molar-refractivity contribution < 1.29 is 28.6 Å². The zero-order valence-electron chi connectivity index (χ0n) is 22.8. The molecule has 0 bridgehead atoms. The summed E-state index contributed by atoms with van der Waals surface area (Å²) in [6.45, 7) is 6.05. The summed E-state index contributed by atoms with van der Waals surface area (Å²) in [6, 6.07) is 2.65. The number of halogens is 4. The zero-order valence-corrected chi connectivity index (χ0v) is 24.3. The van der Waals surface area contributed by atoms with Crippen LogP contribution in [0.3, 0.4) is 0 Å². The minimum Gasteiger partial charge on any atom is -0.394 e. The van der Waals surface area contributed by atoms with Gasteiger partial charge in [-0.1, -0.05) is 38.4 Å². The van der Waals surface area contributed by atoms with Crippen LogP contribution in [0.15, 0.2) is 41.6 Å². The Hall–Kier alpha value is -2.04. The van der Waals surface area contributed by atoms with Crippen molar-refractivity contribution in [3.05, 3.63) is 58.0 Å². The van der Waals surface area contributed by atoms with Crippen LogP contribution >= 0.6 is 23.2 Å². The number of aliphatic hydroxyl groups is 2. The van der Waals surface area contributed by atoms with Crippen LogP contribution in [-0.4, -0.2) is 64.9 Å². The summed E-state index contributed by atoms with van der Waals surface area (Å²) in [7, 11) is 0. The Balaban J connectivity index is 1.78. The van der Waals surface area contributed by atoms with E-state index in [0.29, 0.717) is 49.1 Å². The van der Waals surface area contributed by atoms with Crippen LogP contribution in [0.1, 0.15) is 57.9 Å². The summed E-state index contributed by atoms with van der Waals surface area (Å²) in [4.78, 5) is 27.8. The molecule has 11 heteroatoms. The quantitative estimate of drug-likeness (QED) is 0.219. The van der Waals surface area contributed by atoms with Gasteiger partial charge < -0.3 is 26.2 Å². The van der Waals surface area contributed by atoms with Gasteiger partial charge in [0.2, 0.25) is 11.8 Å². The highest BCUT2D eigenvalue weighted by molar-refractivity contribution is 6.30. The number of rotatable bonds is 9. The van der Waals surface area contributed by atoms with E-state index in [4.69, 9.17) is 28.3 Å². The fourth-order valence-electron chi connectivity index (χ4n) is 6.22. The van der Waals surface area contributed by atoms with Crippen LogP contribution in [0.25, 0.3) is 0 Å². The number of hydrogen-bond acceptors (Lipinski definition) is 5. The Labute approximate surface area is 243 Å². The van der Waals surface area contributed by atoms with Gasteiger partial charge in [-0.25, -0.2) is 8.78 Å². The first-order valence-corrected chi connectivity index (χ1v) is 14.4. The van der Waals surface area contributed by atoms with E-state index in [1.165, 1.54) is 30.4 Å². The van der Waals surface area contributed by atoms with Gasteiger partial charge in [-0.05, 0) is 66.5 Å². The fraction of sp³-hybridized carbons (Fsp3) is 0.586. The van der Waals surface area contributed by atoms with Crippen molar-refractivity contribution in [2.24, 2.45) is 10.8 Å². The number of unbranched alkanes of at least 4 members (excludes halogenated alkanes) is 1. The van der Waals surface area contributed by atoms with Gasteiger partial charge in [-0.3, -0.25) is 9.59 Å². The van der Waals surface area contributed by atoms with Crippen LogP contribution in [0.5, 0.6) is 0 Å². The van der Waals surface area contributed by atoms with Gasteiger partial charge in [-0.15, -0.1) is 11.6 Å². The molecule has 2 heterocycles. The van der Waals surface area contributed by atoms with Crippen LogP contribution < -0.4 is 16.0 Å². The number of alkyl halides is 2. The highest BCUT2D eigenvalue weighted by atomic mass is 35.5. The smallest absolute Gasteiger partial charge is 0.237 e. The third kappa shape index (κ3) is 5.95. The summed E-state index contributed by atoms with van der Waals surface area (Å²) in [6.07, 6.45) is 2.54. The number of fused-ring (bicyclic) bond motifs is 2. The second-order valence-corrected chi connectivity index (χ2v) is 13.0. The maximum atomic E-state index is 15.1. The summed E-state index contributed by atoms with van der Waals surface area (Å²) in [5, 5.41) is 26.7. The maximum Gasteiger partial charge on any atom is 0.237 e. The predicted octanol–water partition coefficient (Wildman–Crippen LogP) is 3.86. The molecule has 4 rings (SSSR count). The second kappa shape index (κ2) is 12.1. The number of carbonyl (C=O) groups is 2. The largest absolute Gasteiger partial charge is 0.394 e. The van der Waals surface area contributed by atoms with Crippen molar-refractivity contribution >= 4 is 35.0 Å². The first-order chi connectivity index (χ1) is 18.8. The van der Waals surface area contributed by atoms with Gasteiger partial charge in [0.25, 0.3) is 0 Å². The highest BCUT2D eigenvalue weighted by Gasteiger charge is 2.67. The van der Waals surface area contributed by atoms with E-state index in [0.717, 1.165) is 0 Å². The summed E-state index contributed by atoms with van der Waals surface area (Å²) >= 11 is 12.4. The van der Waals surface area contributed by atoms with E-state index < -0.39 is 46.9 Å². The topological polar surface area (TPSA) is 111 Å². The average Bonchev–Trinajstić information content (AvgIpc) is 3.34. The Morgan fingerprint density at radius 3 is 2.62 bits per heavy atom. The summed E-state index contributed by atoms with van der Waals surface area (Å²) in [5.41, 5.74) is -0.346. The lowest BCUT2D eigenvalue weighted by atomic mass is 9.61. The average molecular weight is 601 g/mol. The van der Waals surface area contributed by atoms with Crippen LogP contribution in [0.4, 0.5) is 8.78 Å². The molecule has 1 aromatic carbocycles. The van der Waals surface area contributed by atoms with E-state index in [1.807, 2.05) is 20.8 Å². The van der Waals surface area contributed by atoms with Gasteiger partial charge >= 0.3 is 0 Å². The Bertz CT molecular complexity index is 1200. The molecular weight excluding hydrogens is 563 g/mol. The van der Waals surface area contributed by atoms with Gasteiger partial charge in [0.15, 0.2) is 0 Å². The van der Waals surface area contributed by atoms with E-state index in [9.17, 15) is 19.1 Å². The molecule has 220 valence electrons.